The Morgan fingerprint density at radius 2 is 2.36 bits per heavy atom. The average molecular weight is 198 g/mol. The maximum Gasteiger partial charge on any atom is 0.146 e. The van der Waals surface area contributed by atoms with Gasteiger partial charge in [0.15, 0.2) is 0 Å². The Bertz CT molecular complexity index is 249. The van der Waals surface area contributed by atoms with Crippen LogP contribution in [0, 0.1) is 0 Å². The first-order valence-electron chi connectivity index (χ1n) is 5.06. The van der Waals surface area contributed by atoms with Gasteiger partial charge in [-0.3, -0.25) is 0 Å². The summed E-state index contributed by atoms with van der Waals surface area (Å²) in [4.78, 5) is 0. The first-order valence-corrected chi connectivity index (χ1v) is 5.06. The number of nitrogens with one attached hydrogen (secondary N) is 1. The molecule has 0 spiro atoms. The van der Waals surface area contributed by atoms with Crippen LogP contribution in [0.1, 0.15) is 25.6 Å². The number of unbranched alkanes of at least 4 members (excludes halogenated alkanes) is 1. The Morgan fingerprint density at radius 3 is 3.07 bits per heavy atom. The van der Waals surface area contributed by atoms with Crippen LogP contribution >= 0.6 is 0 Å². The van der Waals surface area contributed by atoms with Crippen LogP contribution in [0.4, 0.5) is 0 Å². The molecule has 0 aliphatic rings. The van der Waals surface area contributed by atoms with Gasteiger partial charge in [-0.05, 0) is 26.3 Å². The maximum absolute atomic E-state index is 8.58. The highest BCUT2D eigenvalue weighted by Crippen LogP contribution is 1.94. The number of rotatable bonds is 7. The number of aliphatic hydroxyl groups excluding tert-OH is 1. The molecule has 0 aliphatic carbocycles. The SMILES string of the molecule is CCn1cnnc1CNCCCCO. The molecule has 0 atom stereocenters. The molecule has 0 radical (unpaired) electrons. The van der Waals surface area contributed by atoms with Gasteiger partial charge in [-0.2, -0.15) is 0 Å². The molecular weight excluding hydrogens is 180 g/mol. The molecule has 0 aliphatic heterocycles. The van der Waals surface area contributed by atoms with Crippen molar-refractivity contribution >= 4 is 0 Å². The topological polar surface area (TPSA) is 63.0 Å². The van der Waals surface area contributed by atoms with Crippen LogP contribution in [-0.2, 0) is 13.1 Å². The summed E-state index contributed by atoms with van der Waals surface area (Å²) in [7, 11) is 0. The van der Waals surface area contributed by atoms with E-state index in [1.165, 1.54) is 0 Å². The largest absolute Gasteiger partial charge is 0.396 e. The molecule has 1 rings (SSSR count). The van der Waals surface area contributed by atoms with Gasteiger partial charge in [0.05, 0.1) is 6.54 Å². The van der Waals surface area contributed by atoms with Crippen LogP contribution in [-0.4, -0.2) is 33.0 Å². The van der Waals surface area contributed by atoms with E-state index in [9.17, 15) is 0 Å². The predicted octanol–water partition coefficient (Wildman–Crippen LogP) is 0.160. The van der Waals surface area contributed by atoms with Crippen LogP contribution in [0.3, 0.4) is 0 Å². The Morgan fingerprint density at radius 1 is 1.50 bits per heavy atom. The molecule has 1 heterocycles. The molecule has 1 aromatic rings. The van der Waals surface area contributed by atoms with Crippen molar-refractivity contribution in [3.05, 3.63) is 12.2 Å². The highest BCUT2D eigenvalue weighted by molar-refractivity contribution is 4.84. The Labute approximate surface area is 84.2 Å². The maximum atomic E-state index is 8.58. The second-order valence-corrected chi connectivity index (χ2v) is 3.14. The van der Waals surface area contributed by atoms with E-state index in [1.807, 2.05) is 4.57 Å². The van der Waals surface area contributed by atoms with Crippen molar-refractivity contribution < 1.29 is 5.11 Å². The average Bonchev–Trinajstić information content (AvgIpc) is 2.65. The third kappa shape index (κ3) is 3.43. The fourth-order valence-electron chi connectivity index (χ4n) is 1.24. The van der Waals surface area contributed by atoms with Crippen LogP contribution in [0.2, 0.25) is 0 Å². The lowest BCUT2D eigenvalue weighted by Crippen LogP contribution is -2.18. The summed E-state index contributed by atoms with van der Waals surface area (Å²) in [5.41, 5.74) is 0. The van der Waals surface area contributed by atoms with Crippen molar-refractivity contribution in [2.24, 2.45) is 0 Å². The van der Waals surface area contributed by atoms with Gasteiger partial charge in [0.2, 0.25) is 0 Å². The molecule has 0 saturated carbocycles. The van der Waals surface area contributed by atoms with Crippen LogP contribution in [0.5, 0.6) is 0 Å². The van der Waals surface area contributed by atoms with Crippen molar-refractivity contribution in [1.82, 2.24) is 20.1 Å². The fourth-order valence-corrected chi connectivity index (χ4v) is 1.24. The minimum Gasteiger partial charge on any atom is -0.396 e. The third-order valence-corrected chi connectivity index (χ3v) is 2.08. The quantitative estimate of drug-likeness (QED) is 0.613. The molecule has 0 saturated heterocycles. The number of nitrogens with zero attached hydrogens (tertiary/aromatic N) is 3. The zero-order chi connectivity index (χ0) is 10.2. The van der Waals surface area contributed by atoms with Gasteiger partial charge in [-0.1, -0.05) is 0 Å². The standard InChI is InChI=1S/C9H18N4O/c1-2-13-8-11-12-9(13)7-10-5-3-4-6-14/h8,10,14H,2-7H2,1H3. The number of hydrogen-bond donors (Lipinski definition) is 2. The zero-order valence-corrected chi connectivity index (χ0v) is 8.61. The van der Waals surface area contributed by atoms with E-state index in [-0.39, 0.29) is 6.61 Å². The van der Waals surface area contributed by atoms with Gasteiger partial charge in [-0.25, -0.2) is 0 Å². The fraction of sp³-hybridized carbons (Fsp3) is 0.778. The second-order valence-electron chi connectivity index (χ2n) is 3.14. The number of aliphatic hydroxyl groups is 1. The summed E-state index contributed by atoms with van der Waals surface area (Å²) < 4.78 is 2.01. The summed E-state index contributed by atoms with van der Waals surface area (Å²) in [6.45, 7) is 4.91. The third-order valence-electron chi connectivity index (χ3n) is 2.08. The second kappa shape index (κ2) is 6.50. The molecule has 0 unspecified atom stereocenters. The zero-order valence-electron chi connectivity index (χ0n) is 8.61. The lowest BCUT2D eigenvalue weighted by molar-refractivity contribution is 0.283. The van der Waals surface area contributed by atoms with Gasteiger partial charge in [0.25, 0.3) is 0 Å². The molecule has 0 amide bonds. The van der Waals surface area contributed by atoms with Gasteiger partial charge in [0.1, 0.15) is 12.2 Å². The molecule has 2 N–H and O–H groups in total. The smallest absolute Gasteiger partial charge is 0.146 e. The highest BCUT2D eigenvalue weighted by atomic mass is 16.2. The first-order chi connectivity index (χ1) is 6.88. The predicted molar refractivity (Wildman–Crippen MR) is 53.7 cm³/mol. The van der Waals surface area contributed by atoms with Gasteiger partial charge in [0, 0.05) is 13.2 Å². The van der Waals surface area contributed by atoms with Crippen molar-refractivity contribution in [1.29, 1.82) is 0 Å². The normalized spacial score (nSPS) is 10.7. The van der Waals surface area contributed by atoms with Gasteiger partial charge < -0.3 is 15.0 Å². The van der Waals surface area contributed by atoms with E-state index >= 15 is 0 Å². The lowest BCUT2D eigenvalue weighted by atomic mass is 10.3. The van der Waals surface area contributed by atoms with Crippen molar-refractivity contribution in [2.45, 2.75) is 32.9 Å². The Hall–Kier alpha value is -0.940. The first kappa shape index (κ1) is 11.1. The number of aryl methyl sites for hydroxylation is 1. The van der Waals surface area contributed by atoms with Gasteiger partial charge in [-0.15, -0.1) is 10.2 Å². The van der Waals surface area contributed by atoms with E-state index in [0.717, 1.165) is 38.3 Å². The minimum atomic E-state index is 0.271. The van der Waals surface area contributed by atoms with E-state index in [1.54, 1.807) is 6.33 Å². The summed E-state index contributed by atoms with van der Waals surface area (Å²) in [5, 5.41) is 19.7. The Kier molecular flexibility index (Phi) is 5.17. The van der Waals surface area contributed by atoms with E-state index in [2.05, 4.69) is 22.4 Å². The monoisotopic (exact) mass is 198 g/mol. The molecule has 5 nitrogen and oxygen atoms in total. The van der Waals surface area contributed by atoms with Crippen molar-refractivity contribution in [3.63, 3.8) is 0 Å². The molecule has 1 aromatic heterocycles. The summed E-state index contributed by atoms with van der Waals surface area (Å²) in [6.07, 6.45) is 3.59. The molecule has 0 fully saturated rings. The van der Waals surface area contributed by atoms with E-state index in [4.69, 9.17) is 5.11 Å². The minimum absolute atomic E-state index is 0.271. The molecular formula is C9H18N4O. The van der Waals surface area contributed by atoms with Crippen LogP contribution in [0.25, 0.3) is 0 Å². The van der Waals surface area contributed by atoms with Crippen molar-refractivity contribution in [3.8, 4) is 0 Å². The van der Waals surface area contributed by atoms with Gasteiger partial charge >= 0.3 is 0 Å². The molecule has 0 aromatic carbocycles. The molecule has 80 valence electrons. The molecule has 14 heavy (non-hydrogen) atoms. The lowest BCUT2D eigenvalue weighted by Gasteiger charge is -2.04. The van der Waals surface area contributed by atoms with E-state index in [0.29, 0.717) is 0 Å². The number of aromatic nitrogens is 3. The molecule has 5 heteroatoms. The van der Waals surface area contributed by atoms with Crippen molar-refractivity contribution in [2.75, 3.05) is 13.2 Å². The highest BCUT2D eigenvalue weighted by Gasteiger charge is 2.00. The summed E-state index contributed by atoms with van der Waals surface area (Å²) in [6, 6.07) is 0. The Balaban J connectivity index is 2.17. The number of hydrogen-bond acceptors (Lipinski definition) is 4. The summed E-state index contributed by atoms with van der Waals surface area (Å²) in [5.74, 6) is 0.969. The van der Waals surface area contributed by atoms with Crippen LogP contribution in [0.15, 0.2) is 6.33 Å². The van der Waals surface area contributed by atoms with Crippen LogP contribution < -0.4 is 5.32 Å². The molecule has 0 bridgehead atoms. The van der Waals surface area contributed by atoms with E-state index < -0.39 is 0 Å². The summed E-state index contributed by atoms with van der Waals surface area (Å²) >= 11 is 0.